The number of carbonyl (C=O) groups excluding carboxylic acids is 1. The molecule has 0 radical (unpaired) electrons. The van der Waals surface area contributed by atoms with Crippen molar-refractivity contribution in [3.05, 3.63) is 53.6 Å². The molecule has 3 rings (SSSR count). The Labute approximate surface area is 147 Å². The minimum atomic E-state index is -0.0708. The van der Waals surface area contributed by atoms with Gasteiger partial charge in [-0.15, -0.1) is 11.3 Å². The molecule has 2 aromatic carbocycles. The number of fused-ring (bicyclic) bond motifs is 1. The van der Waals surface area contributed by atoms with Crippen LogP contribution in [-0.2, 0) is 4.79 Å². The third kappa shape index (κ3) is 4.60. The lowest BCUT2D eigenvalue weighted by molar-refractivity contribution is -0.120. The Balaban J connectivity index is 1.44. The van der Waals surface area contributed by atoms with Gasteiger partial charge in [0.15, 0.2) is 4.34 Å². The maximum atomic E-state index is 11.8. The molecule has 7 heteroatoms. The van der Waals surface area contributed by atoms with E-state index in [9.17, 15) is 4.79 Å². The number of nitrogens with zero attached hydrogens (tertiary/aromatic N) is 1. The van der Waals surface area contributed by atoms with E-state index in [2.05, 4.69) is 21.9 Å². The maximum Gasteiger partial charge on any atom is 0.239 e. The number of halogens is 1. The van der Waals surface area contributed by atoms with Crippen molar-refractivity contribution in [3.63, 3.8) is 0 Å². The predicted molar refractivity (Wildman–Crippen MR) is 98.2 cm³/mol. The fourth-order valence-corrected chi connectivity index (χ4v) is 4.18. The molecule has 118 valence electrons. The monoisotopic (exact) mass is 363 g/mol. The molecule has 0 aliphatic carbocycles. The first-order chi connectivity index (χ1) is 11.2. The Morgan fingerprint density at radius 1 is 1.22 bits per heavy atom. The third-order valence-electron chi connectivity index (χ3n) is 3.00. The number of anilines is 1. The van der Waals surface area contributed by atoms with Crippen molar-refractivity contribution in [3.8, 4) is 0 Å². The summed E-state index contributed by atoms with van der Waals surface area (Å²) >= 11 is 9.13. The highest BCUT2D eigenvalue weighted by atomic mass is 35.5. The number of thioether (sulfide) groups is 1. The summed E-state index contributed by atoms with van der Waals surface area (Å²) in [6.45, 7) is 0. The van der Waals surface area contributed by atoms with Crippen LogP contribution in [-0.4, -0.2) is 16.6 Å². The summed E-state index contributed by atoms with van der Waals surface area (Å²) in [5.74, 6) is 0.613. The van der Waals surface area contributed by atoms with Crippen LogP contribution in [0.15, 0.2) is 52.9 Å². The largest absolute Gasteiger partial charge is 0.299 e. The standard InChI is InChI=1S/C16H14ClN3OS2/c17-11-4-3-5-12(10-11)19-20-15(21)8-9-22-16-18-13-6-1-2-7-14(13)23-16/h1-7,10,19H,8-9H2,(H,20,21). The summed E-state index contributed by atoms with van der Waals surface area (Å²) in [5, 5.41) is 0.621. The molecule has 0 saturated heterocycles. The molecule has 0 unspecified atom stereocenters. The zero-order valence-electron chi connectivity index (χ0n) is 12.1. The quantitative estimate of drug-likeness (QED) is 0.497. The van der Waals surface area contributed by atoms with Gasteiger partial charge in [0, 0.05) is 17.2 Å². The molecule has 0 spiro atoms. The SMILES string of the molecule is O=C(CCSc1nc2ccccc2s1)NNc1cccc(Cl)c1. The Morgan fingerprint density at radius 2 is 2.09 bits per heavy atom. The second-order valence-electron chi connectivity index (χ2n) is 4.73. The van der Waals surface area contributed by atoms with E-state index >= 15 is 0 Å². The molecule has 0 saturated carbocycles. The summed E-state index contributed by atoms with van der Waals surface area (Å²) in [6.07, 6.45) is 0.411. The van der Waals surface area contributed by atoms with Crippen LogP contribution in [0.2, 0.25) is 5.02 Å². The van der Waals surface area contributed by atoms with E-state index in [0.717, 1.165) is 15.5 Å². The second kappa shape index (κ2) is 7.68. The Morgan fingerprint density at radius 3 is 2.91 bits per heavy atom. The molecule has 3 aromatic rings. The molecule has 2 N–H and O–H groups in total. The van der Waals surface area contributed by atoms with Crippen LogP contribution >= 0.6 is 34.7 Å². The smallest absolute Gasteiger partial charge is 0.239 e. The number of aromatic nitrogens is 1. The average molecular weight is 364 g/mol. The van der Waals surface area contributed by atoms with Gasteiger partial charge in [0.2, 0.25) is 5.91 Å². The minimum absolute atomic E-state index is 0.0708. The molecule has 23 heavy (non-hydrogen) atoms. The molecule has 4 nitrogen and oxygen atoms in total. The molecule has 1 heterocycles. The van der Waals surface area contributed by atoms with E-state index in [1.165, 1.54) is 4.70 Å². The molecular weight excluding hydrogens is 350 g/mol. The molecule has 0 bridgehead atoms. The van der Waals surface area contributed by atoms with Gasteiger partial charge in [-0.2, -0.15) is 0 Å². The number of amides is 1. The van der Waals surface area contributed by atoms with Gasteiger partial charge < -0.3 is 0 Å². The fourth-order valence-electron chi connectivity index (χ4n) is 1.91. The first-order valence-electron chi connectivity index (χ1n) is 6.99. The van der Waals surface area contributed by atoms with Gasteiger partial charge in [-0.1, -0.05) is 41.6 Å². The predicted octanol–water partition coefficient (Wildman–Crippen LogP) is 4.58. The van der Waals surface area contributed by atoms with Gasteiger partial charge in [-0.3, -0.25) is 15.6 Å². The van der Waals surface area contributed by atoms with Gasteiger partial charge in [-0.25, -0.2) is 4.98 Å². The van der Waals surface area contributed by atoms with Crippen LogP contribution in [0.4, 0.5) is 5.69 Å². The van der Waals surface area contributed by atoms with E-state index in [4.69, 9.17) is 11.6 Å². The van der Waals surface area contributed by atoms with Crippen molar-refractivity contribution < 1.29 is 4.79 Å². The van der Waals surface area contributed by atoms with Gasteiger partial charge in [-0.05, 0) is 30.3 Å². The fraction of sp³-hybridized carbons (Fsp3) is 0.125. The highest BCUT2D eigenvalue weighted by Gasteiger charge is 2.06. The van der Waals surface area contributed by atoms with Crippen LogP contribution in [0.5, 0.6) is 0 Å². The third-order valence-corrected chi connectivity index (χ3v) is 5.42. The number of thiazole rings is 1. The van der Waals surface area contributed by atoms with Crippen molar-refractivity contribution in [2.45, 2.75) is 10.8 Å². The van der Waals surface area contributed by atoms with Crippen molar-refractivity contribution in [1.82, 2.24) is 10.4 Å². The van der Waals surface area contributed by atoms with Crippen LogP contribution in [0.1, 0.15) is 6.42 Å². The van der Waals surface area contributed by atoms with E-state index in [-0.39, 0.29) is 5.91 Å². The number of hydrogen-bond acceptors (Lipinski definition) is 5. The van der Waals surface area contributed by atoms with Gasteiger partial charge in [0.05, 0.1) is 15.9 Å². The second-order valence-corrected chi connectivity index (χ2v) is 7.54. The lowest BCUT2D eigenvalue weighted by atomic mass is 10.3. The number of carbonyl (C=O) groups is 1. The molecule has 0 atom stereocenters. The zero-order chi connectivity index (χ0) is 16.1. The Kier molecular flexibility index (Phi) is 5.38. The average Bonchev–Trinajstić information content (AvgIpc) is 2.96. The number of hydrogen-bond donors (Lipinski definition) is 2. The first kappa shape index (κ1) is 16.1. The Hall–Kier alpha value is -1.76. The van der Waals surface area contributed by atoms with Crippen molar-refractivity contribution >= 4 is 56.5 Å². The Bertz CT molecular complexity index is 789. The van der Waals surface area contributed by atoms with Crippen LogP contribution in [0.3, 0.4) is 0 Å². The lowest BCUT2D eigenvalue weighted by Gasteiger charge is -2.08. The van der Waals surface area contributed by atoms with Crippen molar-refractivity contribution in [1.29, 1.82) is 0 Å². The topological polar surface area (TPSA) is 54.0 Å². The van der Waals surface area contributed by atoms with Crippen molar-refractivity contribution in [2.75, 3.05) is 11.2 Å². The molecule has 0 fully saturated rings. The number of hydrazine groups is 1. The number of benzene rings is 2. The van der Waals surface area contributed by atoms with E-state index in [0.29, 0.717) is 17.2 Å². The van der Waals surface area contributed by atoms with Crippen molar-refractivity contribution in [2.24, 2.45) is 0 Å². The molecular formula is C16H14ClN3OS2. The maximum absolute atomic E-state index is 11.8. The molecule has 1 aromatic heterocycles. The summed E-state index contributed by atoms with van der Waals surface area (Å²) in [6, 6.07) is 15.2. The van der Waals surface area contributed by atoms with Gasteiger partial charge in [0.1, 0.15) is 0 Å². The highest BCUT2D eigenvalue weighted by molar-refractivity contribution is 8.01. The zero-order valence-corrected chi connectivity index (χ0v) is 14.5. The highest BCUT2D eigenvalue weighted by Crippen LogP contribution is 2.29. The summed E-state index contributed by atoms with van der Waals surface area (Å²) in [5.41, 5.74) is 7.27. The summed E-state index contributed by atoms with van der Waals surface area (Å²) < 4.78 is 2.16. The number of rotatable bonds is 6. The summed E-state index contributed by atoms with van der Waals surface area (Å²) in [7, 11) is 0. The van der Waals surface area contributed by atoms with Gasteiger partial charge in [0.25, 0.3) is 0 Å². The van der Waals surface area contributed by atoms with E-state index in [1.54, 1.807) is 35.2 Å². The molecule has 0 aliphatic heterocycles. The summed E-state index contributed by atoms with van der Waals surface area (Å²) in [4.78, 5) is 16.4. The van der Waals surface area contributed by atoms with Crippen LogP contribution in [0.25, 0.3) is 10.2 Å². The normalized spacial score (nSPS) is 10.7. The first-order valence-corrected chi connectivity index (χ1v) is 9.17. The molecule has 1 amide bonds. The lowest BCUT2D eigenvalue weighted by Crippen LogP contribution is -2.29. The number of nitrogens with one attached hydrogen (secondary N) is 2. The van der Waals surface area contributed by atoms with E-state index in [1.807, 2.05) is 30.3 Å². The van der Waals surface area contributed by atoms with Crippen LogP contribution in [0, 0.1) is 0 Å². The number of para-hydroxylation sites is 1. The molecule has 0 aliphatic rings. The minimum Gasteiger partial charge on any atom is -0.299 e. The van der Waals surface area contributed by atoms with E-state index < -0.39 is 0 Å². The van der Waals surface area contributed by atoms with Crippen LogP contribution < -0.4 is 10.9 Å². The van der Waals surface area contributed by atoms with Gasteiger partial charge >= 0.3 is 0 Å².